The molecule has 38 heavy (non-hydrogen) atoms. The van der Waals surface area contributed by atoms with E-state index in [1.807, 2.05) is 0 Å². The highest BCUT2D eigenvalue weighted by Gasteiger charge is 2.52. The predicted molar refractivity (Wildman–Crippen MR) is 121 cm³/mol. The summed E-state index contributed by atoms with van der Waals surface area (Å²) < 4.78 is 39.5. The topological polar surface area (TPSA) is 188 Å². The van der Waals surface area contributed by atoms with Crippen LogP contribution in [-0.4, -0.2) is 87.9 Å². The Labute approximate surface area is 216 Å². The molecule has 15 heteroatoms. The van der Waals surface area contributed by atoms with E-state index in [9.17, 15) is 24.3 Å². The lowest BCUT2D eigenvalue weighted by molar-refractivity contribution is -0.310. The number of nitrogens with zero attached hydrogens (tertiary/aromatic N) is 3. The van der Waals surface area contributed by atoms with Crippen molar-refractivity contribution in [1.82, 2.24) is 15.0 Å². The minimum Gasteiger partial charge on any atom is -0.467 e. The maximum Gasteiger partial charge on any atom is 0.303 e. The molecule has 3 rings (SSSR count). The number of aliphatic hydroxyl groups excluding tert-OH is 1. The second kappa shape index (κ2) is 13.1. The summed E-state index contributed by atoms with van der Waals surface area (Å²) in [5.74, 6) is -2.42. The maximum absolute atomic E-state index is 11.9. The van der Waals surface area contributed by atoms with E-state index < -0.39 is 60.6 Å². The van der Waals surface area contributed by atoms with Gasteiger partial charge in [-0.05, 0) is 12.1 Å². The molecule has 3 heterocycles. The number of ether oxygens (including phenoxy) is 6. The molecule has 1 aliphatic heterocycles. The van der Waals surface area contributed by atoms with Crippen molar-refractivity contribution in [2.75, 3.05) is 13.2 Å². The van der Waals surface area contributed by atoms with Gasteiger partial charge in [-0.1, -0.05) is 5.21 Å². The van der Waals surface area contributed by atoms with Crippen LogP contribution < -0.4 is 0 Å². The molecule has 2 aromatic heterocycles. The minimum atomic E-state index is -1.36. The Morgan fingerprint density at radius 2 is 1.66 bits per heavy atom. The van der Waals surface area contributed by atoms with Gasteiger partial charge >= 0.3 is 23.9 Å². The summed E-state index contributed by atoms with van der Waals surface area (Å²) >= 11 is 0. The molecule has 1 N–H and O–H groups in total. The number of carbonyl (C=O) groups excluding carboxylic acids is 4. The lowest BCUT2D eigenvalue weighted by Crippen LogP contribution is -2.62. The molecule has 6 atom stereocenters. The zero-order chi connectivity index (χ0) is 27.8. The van der Waals surface area contributed by atoms with Gasteiger partial charge in [0.25, 0.3) is 0 Å². The fraction of sp³-hybridized carbons (Fsp3) is 0.565. The first-order chi connectivity index (χ1) is 18.1. The molecule has 0 aliphatic carbocycles. The van der Waals surface area contributed by atoms with Crippen molar-refractivity contribution >= 4 is 23.9 Å². The third-order valence-corrected chi connectivity index (χ3v) is 5.27. The van der Waals surface area contributed by atoms with Crippen molar-refractivity contribution in [2.45, 2.75) is 71.0 Å². The highest BCUT2D eigenvalue weighted by Crippen LogP contribution is 2.30. The van der Waals surface area contributed by atoms with Crippen LogP contribution in [-0.2, 0) is 54.2 Å². The fourth-order valence-corrected chi connectivity index (χ4v) is 3.81. The first kappa shape index (κ1) is 28.7. The number of aromatic nitrogens is 3. The van der Waals surface area contributed by atoms with Crippen LogP contribution in [0.5, 0.6) is 0 Å². The van der Waals surface area contributed by atoms with Gasteiger partial charge in [0.2, 0.25) is 0 Å². The number of furan rings is 1. The van der Waals surface area contributed by atoms with Crippen LogP contribution in [0.15, 0.2) is 29.0 Å². The highest BCUT2D eigenvalue weighted by atomic mass is 16.7. The molecule has 0 radical (unpaired) electrons. The summed E-state index contributed by atoms with van der Waals surface area (Å²) in [4.78, 5) is 47.0. The van der Waals surface area contributed by atoms with Gasteiger partial charge in [-0.15, -0.1) is 5.10 Å². The Hall–Kier alpha value is -3.82. The molecule has 1 saturated heterocycles. The summed E-state index contributed by atoms with van der Waals surface area (Å²) in [7, 11) is 0. The van der Waals surface area contributed by atoms with Crippen molar-refractivity contribution in [3.8, 4) is 0 Å². The molecule has 208 valence electrons. The van der Waals surface area contributed by atoms with Crippen LogP contribution in [0.1, 0.15) is 45.2 Å². The Bertz CT molecular complexity index is 1100. The zero-order valence-corrected chi connectivity index (χ0v) is 21.2. The van der Waals surface area contributed by atoms with Crippen LogP contribution in [0.25, 0.3) is 0 Å². The minimum absolute atomic E-state index is 0.218. The van der Waals surface area contributed by atoms with Crippen molar-refractivity contribution in [2.24, 2.45) is 0 Å². The van der Waals surface area contributed by atoms with E-state index in [0.717, 1.165) is 20.8 Å². The molecule has 0 spiro atoms. The van der Waals surface area contributed by atoms with Crippen LogP contribution >= 0.6 is 0 Å². The standard InChI is InChI=1S/C23H29N3O12/c1-12(28)33-11-19-20(35-13(2)29)21(36-14(3)30)22(37-15(4)31)23(38-19)34-10-16-8-26(25-24-16)17(9-27)18-6-5-7-32-18/h5-8,17,19-23,27H,9-11H2,1-4H3/t17-,19+,20+,21-,22+,23+/m0/s1. The van der Waals surface area contributed by atoms with Crippen molar-refractivity contribution in [1.29, 1.82) is 0 Å². The van der Waals surface area contributed by atoms with Crippen LogP contribution in [0.2, 0.25) is 0 Å². The van der Waals surface area contributed by atoms with Gasteiger partial charge in [0.15, 0.2) is 24.6 Å². The molecular formula is C23H29N3O12. The van der Waals surface area contributed by atoms with Gasteiger partial charge < -0.3 is 37.9 Å². The Morgan fingerprint density at radius 3 is 2.24 bits per heavy atom. The molecule has 0 bridgehead atoms. The molecule has 1 fully saturated rings. The lowest BCUT2D eigenvalue weighted by atomic mass is 9.98. The predicted octanol–water partition coefficient (Wildman–Crippen LogP) is 0.0525. The Morgan fingerprint density at radius 1 is 1.00 bits per heavy atom. The van der Waals surface area contributed by atoms with Gasteiger partial charge in [-0.25, -0.2) is 4.68 Å². The van der Waals surface area contributed by atoms with Crippen molar-refractivity contribution in [3.63, 3.8) is 0 Å². The number of aliphatic hydroxyl groups is 1. The SMILES string of the molecule is CC(=O)OC[C@H]1O[C@@H](OCc2cn([C@@H](CO)c3ccco3)nn2)[C@H](OC(C)=O)[C@@H](OC(C)=O)[C@@H]1OC(C)=O. The normalized spacial score (nSPS) is 23.8. The van der Waals surface area contributed by atoms with Gasteiger partial charge in [-0.3, -0.25) is 19.2 Å². The molecule has 2 aromatic rings. The Kier molecular flexibility index (Phi) is 9.92. The number of hydrogen-bond donors (Lipinski definition) is 1. The summed E-state index contributed by atoms with van der Waals surface area (Å²) in [6, 6.07) is 2.72. The average molecular weight is 539 g/mol. The molecular weight excluding hydrogens is 510 g/mol. The Balaban J connectivity index is 1.85. The van der Waals surface area contributed by atoms with E-state index >= 15 is 0 Å². The van der Waals surface area contributed by atoms with E-state index in [1.165, 1.54) is 24.1 Å². The third-order valence-electron chi connectivity index (χ3n) is 5.27. The van der Waals surface area contributed by atoms with Gasteiger partial charge in [0, 0.05) is 27.7 Å². The first-order valence-electron chi connectivity index (χ1n) is 11.6. The first-order valence-corrected chi connectivity index (χ1v) is 11.6. The molecule has 1 aliphatic rings. The number of hydrogen-bond acceptors (Lipinski definition) is 14. The summed E-state index contributed by atoms with van der Waals surface area (Å²) in [5, 5.41) is 17.8. The highest BCUT2D eigenvalue weighted by molar-refractivity contribution is 5.68. The number of carbonyl (C=O) groups is 4. The summed E-state index contributed by atoms with van der Waals surface area (Å²) in [6.45, 7) is 3.65. The summed E-state index contributed by atoms with van der Waals surface area (Å²) in [6.07, 6.45) is -3.54. The van der Waals surface area contributed by atoms with Crippen LogP contribution in [0.4, 0.5) is 0 Å². The molecule has 0 unspecified atom stereocenters. The van der Waals surface area contributed by atoms with E-state index in [1.54, 1.807) is 12.1 Å². The second-order valence-electron chi connectivity index (χ2n) is 8.28. The zero-order valence-electron chi connectivity index (χ0n) is 21.2. The fourth-order valence-electron chi connectivity index (χ4n) is 3.81. The summed E-state index contributed by atoms with van der Waals surface area (Å²) in [5.41, 5.74) is 0.308. The quantitative estimate of drug-likeness (QED) is 0.298. The number of esters is 4. The van der Waals surface area contributed by atoms with Gasteiger partial charge in [-0.2, -0.15) is 0 Å². The van der Waals surface area contributed by atoms with Crippen LogP contribution in [0.3, 0.4) is 0 Å². The average Bonchev–Trinajstić information content (AvgIpc) is 3.52. The molecule has 0 aromatic carbocycles. The maximum atomic E-state index is 11.9. The molecule has 0 amide bonds. The van der Waals surface area contributed by atoms with Crippen molar-refractivity contribution in [3.05, 3.63) is 36.0 Å². The van der Waals surface area contributed by atoms with Gasteiger partial charge in [0.1, 0.15) is 30.2 Å². The largest absolute Gasteiger partial charge is 0.467 e. The van der Waals surface area contributed by atoms with E-state index in [0.29, 0.717) is 11.5 Å². The lowest BCUT2D eigenvalue weighted by Gasteiger charge is -2.43. The smallest absolute Gasteiger partial charge is 0.303 e. The monoisotopic (exact) mass is 539 g/mol. The van der Waals surface area contributed by atoms with E-state index in [4.69, 9.17) is 32.8 Å². The number of rotatable bonds is 11. The van der Waals surface area contributed by atoms with E-state index in [-0.39, 0.29) is 19.8 Å². The van der Waals surface area contributed by atoms with E-state index in [2.05, 4.69) is 10.3 Å². The molecule has 0 saturated carbocycles. The third kappa shape index (κ3) is 7.60. The molecule has 15 nitrogen and oxygen atoms in total. The van der Waals surface area contributed by atoms with Crippen LogP contribution in [0, 0.1) is 0 Å². The van der Waals surface area contributed by atoms with Gasteiger partial charge in [0.05, 0.1) is 25.7 Å². The van der Waals surface area contributed by atoms with Crippen molar-refractivity contribution < 1.29 is 57.1 Å². The second-order valence-corrected chi connectivity index (χ2v) is 8.28.